The van der Waals surface area contributed by atoms with Crippen LogP contribution >= 0.6 is 0 Å². The van der Waals surface area contributed by atoms with Crippen molar-refractivity contribution in [3.63, 3.8) is 0 Å². The number of nitrogens with two attached hydrogens (primary N) is 1. The zero-order chi connectivity index (χ0) is 24.0. The molecular formula is C27H27N5O2. The number of methoxy groups -OCH3 is 1. The molecule has 0 saturated heterocycles. The van der Waals surface area contributed by atoms with Gasteiger partial charge >= 0.3 is 5.97 Å². The predicted octanol–water partition coefficient (Wildman–Crippen LogP) is 5.13. The van der Waals surface area contributed by atoms with Crippen molar-refractivity contribution in [3.8, 4) is 16.9 Å². The number of benzene rings is 2. The van der Waals surface area contributed by atoms with Crippen LogP contribution in [0.3, 0.4) is 0 Å². The molecule has 0 spiro atoms. The van der Waals surface area contributed by atoms with Crippen LogP contribution in [0.2, 0.25) is 0 Å². The lowest BCUT2D eigenvalue weighted by Gasteiger charge is -2.22. The molecule has 0 aliphatic rings. The fourth-order valence-corrected chi connectivity index (χ4v) is 4.51. The molecule has 7 nitrogen and oxygen atoms in total. The number of nitrogen functional groups attached to an aromatic ring is 1. The van der Waals surface area contributed by atoms with Crippen LogP contribution in [-0.4, -0.2) is 32.2 Å². The first-order chi connectivity index (χ1) is 16.3. The molecule has 2 aromatic carbocycles. The highest BCUT2D eigenvalue weighted by molar-refractivity contribution is 5.91. The fraction of sp³-hybridized carbons (Fsp3) is 0.222. The summed E-state index contributed by atoms with van der Waals surface area (Å²) in [4.78, 5) is 21.4. The first-order valence-electron chi connectivity index (χ1n) is 11.1. The third kappa shape index (κ3) is 3.59. The van der Waals surface area contributed by atoms with Gasteiger partial charge in [0.15, 0.2) is 0 Å². The van der Waals surface area contributed by atoms with Crippen LogP contribution in [-0.2, 0) is 16.1 Å². The van der Waals surface area contributed by atoms with Crippen molar-refractivity contribution >= 4 is 33.6 Å². The number of carbonyl (C=O) groups is 1. The van der Waals surface area contributed by atoms with Gasteiger partial charge in [0, 0.05) is 30.0 Å². The largest absolute Gasteiger partial charge is 0.469 e. The van der Waals surface area contributed by atoms with Crippen molar-refractivity contribution in [2.75, 3.05) is 12.8 Å². The first kappa shape index (κ1) is 21.7. The van der Waals surface area contributed by atoms with E-state index in [9.17, 15) is 4.79 Å². The standard InChI is InChI=1S/C27H27N5O2/c1-17-5-8-20(28)14-22(17)19-7-6-18-9-12-32(23(18)13-19)25-21-10-11-31(24(21)29-16-30-25)15-27(2,3)26(33)34-4/h5-14,16H,15,28H2,1-4H3. The smallest absolute Gasteiger partial charge is 0.313 e. The van der Waals surface area contributed by atoms with Crippen molar-refractivity contribution in [3.05, 3.63) is 72.8 Å². The zero-order valence-electron chi connectivity index (χ0n) is 19.7. The molecule has 5 aromatic rings. The Labute approximate surface area is 197 Å². The Bertz CT molecular complexity index is 1540. The van der Waals surface area contributed by atoms with Gasteiger partial charge in [-0.1, -0.05) is 18.2 Å². The van der Waals surface area contributed by atoms with Gasteiger partial charge in [0.05, 0.1) is 23.4 Å². The molecule has 3 heterocycles. The van der Waals surface area contributed by atoms with Crippen molar-refractivity contribution in [1.29, 1.82) is 0 Å². The molecule has 7 heteroatoms. The lowest BCUT2D eigenvalue weighted by molar-refractivity contribution is -0.151. The molecule has 0 aliphatic heterocycles. The molecule has 5 rings (SSSR count). The van der Waals surface area contributed by atoms with E-state index in [1.807, 2.05) is 55.1 Å². The van der Waals surface area contributed by atoms with E-state index in [0.29, 0.717) is 6.54 Å². The minimum Gasteiger partial charge on any atom is -0.469 e. The van der Waals surface area contributed by atoms with Crippen molar-refractivity contribution < 1.29 is 9.53 Å². The van der Waals surface area contributed by atoms with Crippen LogP contribution in [0.15, 0.2) is 67.3 Å². The van der Waals surface area contributed by atoms with Gasteiger partial charge in [0.25, 0.3) is 0 Å². The first-order valence-corrected chi connectivity index (χ1v) is 11.1. The van der Waals surface area contributed by atoms with Gasteiger partial charge in [-0.05, 0) is 67.8 Å². The van der Waals surface area contributed by atoms with Crippen molar-refractivity contribution in [1.82, 2.24) is 19.1 Å². The molecule has 0 fully saturated rings. The van der Waals surface area contributed by atoms with E-state index in [-0.39, 0.29) is 5.97 Å². The van der Waals surface area contributed by atoms with Crippen LogP contribution in [0.1, 0.15) is 19.4 Å². The summed E-state index contributed by atoms with van der Waals surface area (Å²) in [6.07, 6.45) is 5.54. The van der Waals surface area contributed by atoms with Crippen molar-refractivity contribution in [2.45, 2.75) is 27.3 Å². The molecular weight excluding hydrogens is 426 g/mol. The summed E-state index contributed by atoms with van der Waals surface area (Å²) in [6, 6.07) is 16.5. The third-order valence-corrected chi connectivity index (χ3v) is 6.33. The Morgan fingerprint density at radius 2 is 1.88 bits per heavy atom. The number of esters is 1. The second-order valence-electron chi connectivity index (χ2n) is 9.29. The number of ether oxygens (including phenoxy) is 1. The fourth-order valence-electron chi connectivity index (χ4n) is 4.51. The molecule has 0 saturated carbocycles. The molecule has 0 unspecified atom stereocenters. The summed E-state index contributed by atoms with van der Waals surface area (Å²) in [5.41, 5.74) is 11.3. The molecule has 0 atom stereocenters. The van der Waals surface area contributed by atoms with Crippen LogP contribution in [0.25, 0.3) is 38.9 Å². The summed E-state index contributed by atoms with van der Waals surface area (Å²) in [6.45, 7) is 6.27. The van der Waals surface area contributed by atoms with Crippen LogP contribution in [0.4, 0.5) is 5.69 Å². The van der Waals surface area contributed by atoms with E-state index >= 15 is 0 Å². The number of aryl methyl sites for hydroxylation is 1. The normalized spacial score (nSPS) is 11.9. The predicted molar refractivity (Wildman–Crippen MR) is 135 cm³/mol. The monoisotopic (exact) mass is 453 g/mol. The van der Waals surface area contributed by atoms with Gasteiger partial charge in [-0.15, -0.1) is 0 Å². The average Bonchev–Trinajstić information content (AvgIpc) is 3.43. The number of hydrogen-bond acceptors (Lipinski definition) is 5. The van der Waals surface area contributed by atoms with E-state index in [1.165, 1.54) is 12.7 Å². The van der Waals surface area contributed by atoms with Gasteiger partial charge in [-0.2, -0.15) is 0 Å². The van der Waals surface area contributed by atoms with E-state index in [1.54, 1.807) is 6.33 Å². The Morgan fingerprint density at radius 3 is 2.68 bits per heavy atom. The maximum Gasteiger partial charge on any atom is 0.313 e. The topological polar surface area (TPSA) is 88.0 Å². The molecule has 3 aromatic heterocycles. The van der Waals surface area contributed by atoms with E-state index in [0.717, 1.165) is 44.6 Å². The lowest BCUT2D eigenvalue weighted by Crippen LogP contribution is -2.30. The number of rotatable bonds is 5. The highest BCUT2D eigenvalue weighted by Gasteiger charge is 2.30. The molecule has 0 aliphatic carbocycles. The summed E-state index contributed by atoms with van der Waals surface area (Å²) in [7, 11) is 1.41. The number of anilines is 1. The summed E-state index contributed by atoms with van der Waals surface area (Å²) >= 11 is 0. The van der Waals surface area contributed by atoms with Crippen LogP contribution in [0, 0.1) is 12.3 Å². The van der Waals surface area contributed by atoms with Gasteiger partial charge in [0.2, 0.25) is 0 Å². The molecule has 34 heavy (non-hydrogen) atoms. The van der Waals surface area contributed by atoms with E-state index in [2.05, 4.69) is 45.7 Å². The van der Waals surface area contributed by atoms with E-state index < -0.39 is 5.41 Å². The SMILES string of the molecule is COC(=O)C(C)(C)Cn1ccc2c(-n3ccc4ccc(-c5cc(N)ccc5C)cc43)ncnc21. The number of nitrogens with zero attached hydrogens (tertiary/aromatic N) is 4. The quantitative estimate of drug-likeness (QED) is 0.294. The Kier molecular flexibility index (Phi) is 5.12. The average molecular weight is 454 g/mol. The maximum absolute atomic E-state index is 12.2. The summed E-state index contributed by atoms with van der Waals surface area (Å²) in [5, 5.41) is 2.02. The Morgan fingerprint density at radius 1 is 1.06 bits per heavy atom. The Hall–Kier alpha value is -4.13. The minimum atomic E-state index is -0.684. The summed E-state index contributed by atoms with van der Waals surface area (Å²) in [5.74, 6) is 0.528. The van der Waals surface area contributed by atoms with Gasteiger partial charge in [-0.3, -0.25) is 4.79 Å². The molecule has 2 N–H and O–H groups in total. The van der Waals surface area contributed by atoms with E-state index in [4.69, 9.17) is 10.5 Å². The number of fused-ring (bicyclic) bond motifs is 2. The van der Waals surface area contributed by atoms with Crippen LogP contribution < -0.4 is 5.73 Å². The molecule has 172 valence electrons. The number of aromatic nitrogens is 4. The number of carbonyl (C=O) groups excluding carboxylic acids is 1. The second kappa shape index (κ2) is 8.02. The molecule has 0 radical (unpaired) electrons. The molecule has 0 amide bonds. The minimum absolute atomic E-state index is 0.260. The number of hydrogen-bond donors (Lipinski definition) is 1. The van der Waals surface area contributed by atoms with Gasteiger partial charge < -0.3 is 19.6 Å². The van der Waals surface area contributed by atoms with Gasteiger partial charge in [0.1, 0.15) is 17.8 Å². The summed E-state index contributed by atoms with van der Waals surface area (Å²) < 4.78 is 9.03. The third-order valence-electron chi connectivity index (χ3n) is 6.33. The van der Waals surface area contributed by atoms with Crippen molar-refractivity contribution in [2.24, 2.45) is 5.41 Å². The highest BCUT2D eigenvalue weighted by atomic mass is 16.5. The maximum atomic E-state index is 12.2. The molecule has 0 bridgehead atoms. The zero-order valence-corrected chi connectivity index (χ0v) is 19.7. The lowest BCUT2D eigenvalue weighted by atomic mass is 9.94. The van der Waals surface area contributed by atoms with Gasteiger partial charge in [-0.25, -0.2) is 9.97 Å². The second-order valence-corrected chi connectivity index (χ2v) is 9.29. The van der Waals surface area contributed by atoms with Crippen LogP contribution in [0.5, 0.6) is 0 Å². The highest BCUT2D eigenvalue weighted by Crippen LogP contribution is 2.32. The Balaban J connectivity index is 1.62.